The van der Waals surface area contributed by atoms with Crippen molar-refractivity contribution in [2.45, 2.75) is 51.0 Å². The number of benzene rings is 1. The molecule has 1 amide bonds. The largest absolute Gasteiger partial charge is 0.498 e. The molecule has 0 spiro atoms. The predicted octanol–water partition coefficient (Wildman–Crippen LogP) is 4.82. The third-order valence-electron chi connectivity index (χ3n) is 5.03. The van der Waals surface area contributed by atoms with Crippen LogP contribution in [0.2, 0.25) is 0 Å². The van der Waals surface area contributed by atoms with Gasteiger partial charge in [-0.3, -0.25) is 0 Å². The number of nitrogens with one attached hydrogen (secondary N) is 1. The minimum absolute atomic E-state index is 0.0120. The van der Waals surface area contributed by atoms with E-state index in [1.165, 1.54) is 11.1 Å². The van der Waals surface area contributed by atoms with Gasteiger partial charge in [0.15, 0.2) is 4.75 Å². The number of nitrogens with zero attached hydrogens (tertiary/aromatic N) is 1. The number of hydrogen-bond donors (Lipinski definition) is 1. The van der Waals surface area contributed by atoms with Crippen molar-refractivity contribution in [3.8, 4) is 0 Å². The van der Waals surface area contributed by atoms with Crippen LogP contribution < -0.4 is 5.32 Å². The number of ether oxygens (including phenoxy) is 2. The van der Waals surface area contributed by atoms with Gasteiger partial charge in [0, 0.05) is 5.39 Å². The molecule has 1 N–H and O–H groups in total. The van der Waals surface area contributed by atoms with Crippen LogP contribution in [-0.4, -0.2) is 35.9 Å². The van der Waals surface area contributed by atoms with Gasteiger partial charge in [-0.1, -0.05) is 24.3 Å². The van der Waals surface area contributed by atoms with E-state index < -0.39 is 26.5 Å². The number of rotatable bonds is 5. The standard InChI is InChI=1S/C22H27BrN2O5S/c1-21(2,3)30-20(26)24-14-16-13-15-9-6-7-11-18(15)25(16)31(27,28)22(4)12-8-10-17(23)19(22)29-5/h6-11,13H,12,14H2,1-5H3,(H,24,26). The summed E-state index contributed by atoms with van der Waals surface area (Å²) < 4.78 is 39.4. The second-order valence-electron chi connectivity index (χ2n) is 8.54. The summed E-state index contributed by atoms with van der Waals surface area (Å²) in [4.78, 5) is 12.2. The lowest BCUT2D eigenvalue weighted by Gasteiger charge is -2.33. The molecule has 0 saturated carbocycles. The van der Waals surface area contributed by atoms with Crippen LogP contribution in [0.25, 0.3) is 10.9 Å². The third kappa shape index (κ3) is 4.39. The van der Waals surface area contributed by atoms with Gasteiger partial charge in [-0.05, 0) is 68.3 Å². The first-order valence-electron chi connectivity index (χ1n) is 9.83. The normalized spacial score (nSPS) is 19.5. The number of halogens is 1. The molecule has 1 atom stereocenters. The van der Waals surface area contributed by atoms with E-state index in [1.54, 1.807) is 58.0 Å². The van der Waals surface area contributed by atoms with E-state index in [4.69, 9.17) is 9.47 Å². The van der Waals surface area contributed by atoms with Crippen molar-refractivity contribution in [2.75, 3.05) is 7.11 Å². The van der Waals surface area contributed by atoms with E-state index >= 15 is 0 Å². The molecule has 1 unspecified atom stereocenters. The van der Waals surface area contributed by atoms with Gasteiger partial charge in [0.1, 0.15) is 11.4 Å². The van der Waals surface area contributed by atoms with Crippen molar-refractivity contribution < 1.29 is 22.7 Å². The maximum absolute atomic E-state index is 14.0. The SMILES string of the molecule is COC1=C(Br)C=CCC1(C)S(=O)(=O)n1c(CNC(=O)OC(C)(C)C)cc2ccccc21. The fraction of sp³-hybridized carbons (Fsp3) is 0.409. The number of amides is 1. The van der Waals surface area contributed by atoms with Crippen molar-refractivity contribution in [1.29, 1.82) is 0 Å². The molecule has 0 radical (unpaired) electrons. The number of methoxy groups -OCH3 is 1. The first-order valence-corrected chi connectivity index (χ1v) is 12.1. The molecular formula is C22H27BrN2O5S. The lowest BCUT2D eigenvalue weighted by molar-refractivity contribution is 0.0522. The molecule has 1 aliphatic carbocycles. The van der Waals surface area contributed by atoms with Crippen LogP contribution in [0.15, 0.2) is 52.7 Å². The summed E-state index contributed by atoms with van der Waals surface area (Å²) in [5, 5.41) is 3.42. The van der Waals surface area contributed by atoms with Gasteiger partial charge in [-0.15, -0.1) is 0 Å². The summed E-state index contributed by atoms with van der Waals surface area (Å²) in [6.07, 6.45) is 3.22. The van der Waals surface area contributed by atoms with Crippen LogP contribution in [0, 0.1) is 0 Å². The van der Waals surface area contributed by atoms with Gasteiger partial charge >= 0.3 is 6.09 Å². The Labute approximate surface area is 191 Å². The summed E-state index contributed by atoms with van der Waals surface area (Å²) in [5.74, 6) is 0.332. The fourth-order valence-corrected chi connectivity index (χ4v) is 6.52. The first-order chi connectivity index (χ1) is 14.4. The van der Waals surface area contributed by atoms with Gasteiger partial charge in [0.2, 0.25) is 0 Å². The average molecular weight is 511 g/mol. The summed E-state index contributed by atoms with van der Waals surface area (Å²) >= 11 is 3.41. The topological polar surface area (TPSA) is 86.6 Å². The highest BCUT2D eigenvalue weighted by Crippen LogP contribution is 2.41. The minimum atomic E-state index is -3.99. The lowest BCUT2D eigenvalue weighted by atomic mass is 10.00. The summed E-state index contributed by atoms with van der Waals surface area (Å²) in [7, 11) is -2.53. The number of carbonyl (C=O) groups is 1. The van der Waals surface area contributed by atoms with Crippen molar-refractivity contribution in [3.63, 3.8) is 0 Å². The van der Waals surface area contributed by atoms with Crippen molar-refractivity contribution in [1.82, 2.24) is 9.29 Å². The number of carbonyl (C=O) groups excluding carboxylic acids is 1. The Hall–Kier alpha value is -2.26. The zero-order chi connectivity index (χ0) is 23.0. The zero-order valence-corrected chi connectivity index (χ0v) is 20.6. The molecule has 168 valence electrons. The van der Waals surface area contributed by atoms with Crippen LogP contribution >= 0.6 is 15.9 Å². The summed E-state index contributed by atoms with van der Waals surface area (Å²) in [6.45, 7) is 6.93. The Balaban J connectivity index is 2.10. The smallest absolute Gasteiger partial charge is 0.407 e. The van der Waals surface area contributed by atoms with Gasteiger partial charge in [0.25, 0.3) is 10.0 Å². The molecule has 9 heteroatoms. The van der Waals surface area contributed by atoms with Crippen LogP contribution in [0.1, 0.15) is 39.8 Å². The number of alkyl carbamates (subject to hydrolysis) is 1. The number of aromatic nitrogens is 1. The molecule has 0 fully saturated rings. The molecular weight excluding hydrogens is 484 g/mol. The Morgan fingerprint density at radius 2 is 1.97 bits per heavy atom. The maximum Gasteiger partial charge on any atom is 0.407 e. The molecule has 0 aliphatic heterocycles. The second-order valence-corrected chi connectivity index (χ2v) is 11.6. The second kappa shape index (κ2) is 8.35. The monoisotopic (exact) mass is 510 g/mol. The number of fused-ring (bicyclic) bond motifs is 1. The van der Waals surface area contributed by atoms with Gasteiger partial charge < -0.3 is 14.8 Å². The Morgan fingerprint density at radius 1 is 1.29 bits per heavy atom. The molecule has 1 aliphatic rings. The Morgan fingerprint density at radius 3 is 2.61 bits per heavy atom. The number of hydrogen-bond acceptors (Lipinski definition) is 5. The van der Waals surface area contributed by atoms with E-state index in [2.05, 4.69) is 21.2 Å². The average Bonchev–Trinajstić information content (AvgIpc) is 3.04. The summed E-state index contributed by atoms with van der Waals surface area (Å²) in [5.41, 5.74) is 0.301. The zero-order valence-electron chi connectivity index (χ0n) is 18.2. The van der Waals surface area contributed by atoms with Crippen LogP contribution in [-0.2, 0) is 26.0 Å². The van der Waals surface area contributed by atoms with Gasteiger partial charge in [0.05, 0.1) is 29.3 Å². The highest BCUT2D eigenvalue weighted by atomic mass is 79.9. The minimum Gasteiger partial charge on any atom is -0.498 e. The highest BCUT2D eigenvalue weighted by molar-refractivity contribution is 9.11. The van der Waals surface area contributed by atoms with Gasteiger partial charge in [-0.2, -0.15) is 0 Å². The van der Waals surface area contributed by atoms with E-state index in [-0.39, 0.29) is 13.0 Å². The highest BCUT2D eigenvalue weighted by Gasteiger charge is 2.48. The Bertz CT molecular complexity index is 1170. The molecule has 1 aromatic carbocycles. The number of para-hydroxylation sites is 1. The van der Waals surface area contributed by atoms with Crippen molar-refractivity contribution in [2.24, 2.45) is 0 Å². The van der Waals surface area contributed by atoms with E-state index in [1.807, 2.05) is 12.1 Å². The molecule has 7 nitrogen and oxygen atoms in total. The molecule has 0 bridgehead atoms. The van der Waals surface area contributed by atoms with E-state index in [9.17, 15) is 13.2 Å². The lowest BCUT2D eigenvalue weighted by Crippen LogP contribution is -2.43. The third-order valence-corrected chi connectivity index (χ3v) is 8.06. The van der Waals surface area contributed by atoms with Crippen LogP contribution in [0.5, 0.6) is 0 Å². The van der Waals surface area contributed by atoms with Crippen LogP contribution in [0.3, 0.4) is 0 Å². The molecule has 0 saturated heterocycles. The van der Waals surface area contributed by atoms with E-state index in [0.717, 1.165) is 5.39 Å². The predicted molar refractivity (Wildman–Crippen MR) is 124 cm³/mol. The first kappa shape index (κ1) is 23.4. The summed E-state index contributed by atoms with van der Waals surface area (Å²) in [6, 6.07) is 8.97. The molecule has 3 rings (SSSR count). The van der Waals surface area contributed by atoms with Gasteiger partial charge in [-0.25, -0.2) is 17.2 Å². The fourth-order valence-electron chi connectivity index (χ4n) is 3.62. The van der Waals surface area contributed by atoms with Crippen LogP contribution in [0.4, 0.5) is 4.79 Å². The maximum atomic E-state index is 14.0. The quantitative estimate of drug-likeness (QED) is 0.623. The Kier molecular flexibility index (Phi) is 6.30. The molecule has 2 aromatic rings. The molecule has 31 heavy (non-hydrogen) atoms. The molecule has 1 aromatic heterocycles. The van der Waals surface area contributed by atoms with E-state index in [0.29, 0.717) is 21.5 Å². The molecule has 1 heterocycles. The number of allylic oxidation sites excluding steroid dienone is 3. The van der Waals surface area contributed by atoms with Crippen molar-refractivity contribution >= 4 is 42.9 Å². The van der Waals surface area contributed by atoms with Crippen molar-refractivity contribution in [3.05, 3.63) is 58.4 Å².